The number of carbonyl (C=O) groups is 1. The fourth-order valence-corrected chi connectivity index (χ4v) is 1.78. The lowest BCUT2D eigenvalue weighted by Crippen LogP contribution is -2.26. The van der Waals surface area contributed by atoms with E-state index in [9.17, 15) is 14.4 Å². The molecule has 0 aliphatic carbocycles. The summed E-state index contributed by atoms with van der Waals surface area (Å²) in [6.45, 7) is 5.42. The monoisotopic (exact) mass is 243 g/mol. The Balaban J connectivity index is 2.73. The lowest BCUT2D eigenvalue weighted by Gasteiger charge is -2.15. The van der Waals surface area contributed by atoms with Crippen LogP contribution in [0.5, 0.6) is 0 Å². The molecule has 0 saturated carbocycles. The van der Waals surface area contributed by atoms with Crippen molar-refractivity contribution in [3.8, 4) is 0 Å². The highest BCUT2D eigenvalue weighted by Gasteiger charge is 2.21. The maximum atomic E-state index is 11.6. The quantitative estimate of drug-likeness (QED) is 0.737. The SMILES string of the molecule is CC(C)(C)C(=O)CSc1n[nH]c(=O)[nH]c1=O. The summed E-state index contributed by atoms with van der Waals surface area (Å²) in [5.41, 5.74) is -1.67. The van der Waals surface area contributed by atoms with Crippen LogP contribution in [0, 0.1) is 5.41 Å². The topological polar surface area (TPSA) is 95.7 Å². The number of ketones is 1. The van der Waals surface area contributed by atoms with Gasteiger partial charge >= 0.3 is 5.69 Å². The van der Waals surface area contributed by atoms with Crippen LogP contribution in [-0.2, 0) is 4.79 Å². The number of nitrogens with zero attached hydrogens (tertiary/aromatic N) is 1. The van der Waals surface area contributed by atoms with Crippen LogP contribution < -0.4 is 11.2 Å². The van der Waals surface area contributed by atoms with Gasteiger partial charge < -0.3 is 0 Å². The average Bonchev–Trinajstić information content (AvgIpc) is 2.14. The number of Topliss-reactive ketones (excluding diaryl/α,β-unsaturated/α-hetero) is 1. The van der Waals surface area contributed by atoms with Gasteiger partial charge in [-0.15, -0.1) is 0 Å². The van der Waals surface area contributed by atoms with E-state index < -0.39 is 16.7 Å². The average molecular weight is 243 g/mol. The Labute approximate surface area is 95.9 Å². The summed E-state index contributed by atoms with van der Waals surface area (Å²) in [5.74, 6) is 0.177. The Bertz CT molecular complexity index is 498. The summed E-state index contributed by atoms with van der Waals surface area (Å²) in [7, 11) is 0. The number of carbonyl (C=O) groups excluding carboxylic acids is 1. The van der Waals surface area contributed by atoms with Crippen molar-refractivity contribution in [2.75, 3.05) is 5.75 Å². The summed E-state index contributed by atoms with van der Waals surface area (Å²) in [6.07, 6.45) is 0. The van der Waals surface area contributed by atoms with Gasteiger partial charge in [0.15, 0.2) is 5.03 Å². The molecule has 2 N–H and O–H groups in total. The number of H-pyrrole nitrogens is 2. The Hall–Kier alpha value is -1.37. The molecule has 1 rings (SSSR count). The second-order valence-corrected chi connectivity index (χ2v) is 5.24. The van der Waals surface area contributed by atoms with E-state index in [2.05, 4.69) is 10.2 Å². The Morgan fingerprint density at radius 1 is 1.38 bits per heavy atom. The minimum Gasteiger partial charge on any atom is -0.298 e. The first kappa shape index (κ1) is 12.7. The van der Waals surface area contributed by atoms with Gasteiger partial charge in [-0.2, -0.15) is 5.10 Å². The Morgan fingerprint density at radius 2 is 2.00 bits per heavy atom. The molecule has 7 heteroatoms. The molecule has 0 aromatic carbocycles. The number of hydrogen-bond donors (Lipinski definition) is 2. The van der Waals surface area contributed by atoms with E-state index in [-0.39, 0.29) is 16.6 Å². The lowest BCUT2D eigenvalue weighted by molar-refractivity contribution is -0.123. The van der Waals surface area contributed by atoms with Gasteiger partial charge in [-0.05, 0) is 0 Å². The molecule has 0 spiro atoms. The van der Waals surface area contributed by atoms with Crippen molar-refractivity contribution in [2.45, 2.75) is 25.8 Å². The molecule has 0 bridgehead atoms. The van der Waals surface area contributed by atoms with Gasteiger partial charge in [0.05, 0.1) is 5.75 Å². The molecular formula is C9H13N3O3S. The van der Waals surface area contributed by atoms with Crippen molar-refractivity contribution in [3.05, 3.63) is 20.8 Å². The standard InChI is InChI=1S/C9H13N3O3S/c1-9(2,3)5(13)4-16-7-6(14)10-8(15)12-11-7/h4H2,1-3H3,(H2,10,12,14,15). The minimum atomic E-state index is -0.656. The van der Waals surface area contributed by atoms with Crippen LogP contribution in [-0.4, -0.2) is 26.7 Å². The number of thioether (sulfide) groups is 1. The van der Waals surface area contributed by atoms with Crippen molar-refractivity contribution in [1.82, 2.24) is 15.2 Å². The maximum absolute atomic E-state index is 11.6. The van der Waals surface area contributed by atoms with Gasteiger partial charge in [-0.3, -0.25) is 14.6 Å². The molecule has 6 nitrogen and oxygen atoms in total. The van der Waals surface area contributed by atoms with Gasteiger partial charge in [-0.1, -0.05) is 32.5 Å². The Kier molecular flexibility index (Phi) is 3.69. The minimum absolute atomic E-state index is 0.0184. The van der Waals surface area contributed by atoms with Gasteiger partial charge in [-0.25, -0.2) is 9.89 Å². The van der Waals surface area contributed by atoms with Crippen LogP contribution >= 0.6 is 11.8 Å². The molecule has 88 valence electrons. The molecule has 0 aliphatic rings. The van der Waals surface area contributed by atoms with Crippen LogP contribution in [0.3, 0.4) is 0 Å². The molecular weight excluding hydrogens is 230 g/mol. The highest BCUT2D eigenvalue weighted by Crippen LogP contribution is 2.19. The molecule has 0 unspecified atom stereocenters. The van der Waals surface area contributed by atoms with E-state index in [0.29, 0.717) is 0 Å². The van der Waals surface area contributed by atoms with E-state index >= 15 is 0 Å². The van der Waals surface area contributed by atoms with Crippen LogP contribution in [0.4, 0.5) is 0 Å². The summed E-state index contributed by atoms with van der Waals surface area (Å²) < 4.78 is 0. The number of aromatic nitrogens is 3. The zero-order chi connectivity index (χ0) is 12.3. The fraction of sp³-hybridized carbons (Fsp3) is 0.556. The molecule has 0 amide bonds. The molecule has 0 fully saturated rings. The third-order valence-electron chi connectivity index (χ3n) is 1.86. The van der Waals surface area contributed by atoms with Crippen LogP contribution in [0.2, 0.25) is 0 Å². The predicted molar refractivity (Wildman–Crippen MR) is 60.7 cm³/mol. The van der Waals surface area contributed by atoms with Crippen molar-refractivity contribution in [1.29, 1.82) is 0 Å². The smallest absolute Gasteiger partial charge is 0.298 e. The predicted octanol–water partition coefficient (Wildman–Crippen LogP) is 0.166. The number of hydrogen-bond acceptors (Lipinski definition) is 5. The maximum Gasteiger partial charge on any atom is 0.342 e. The summed E-state index contributed by atoms with van der Waals surface area (Å²) in [5, 5.41) is 5.77. The summed E-state index contributed by atoms with van der Waals surface area (Å²) in [6, 6.07) is 0. The summed E-state index contributed by atoms with van der Waals surface area (Å²) >= 11 is 1.02. The van der Waals surface area contributed by atoms with E-state index in [0.717, 1.165) is 11.8 Å². The second-order valence-electron chi connectivity index (χ2n) is 4.27. The van der Waals surface area contributed by atoms with Crippen LogP contribution in [0.15, 0.2) is 14.6 Å². The molecule has 0 saturated heterocycles. The highest BCUT2D eigenvalue weighted by atomic mass is 32.2. The number of aromatic amines is 2. The van der Waals surface area contributed by atoms with Crippen molar-refractivity contribution < 1.29 is 4.79 Å². The van der Waals surface area contributed by atoms with Crippen molar-refractivity contribution in [3.63, 3.8) is 0 Å². The van der Waals surface area contributed by atoms with Gasteiger partial charge in [0.25, 0.3) is 5.56 Å². The van der Waals surface area contributed by atoms with E-state index in [1.54, 1.807) is 20.8 Å². The van der Waals surface area contributed by atoms with Crippen molar-refractivity contribution >= 4 is 17.5 Å². The molecule has 0 atom stereocenters. The third kappa shape index (κ3) is 3.34. The van der Waals surface area contributed by atoms with Crippen LogP contribution in [0.25, 0.3) is 0 Å². The first-order valence-corrected chi connectivity index (χ1v) is 5.64. The van der Waals surface area contributed by atoms with Gasteiger partial charge in [0.2, 0.25) is 0 Å². The second kappa shape index (κ2) is 4.65. The normalized spacial score (nSPS) is 11.4. The molecule has 16 heavy (non-hydrogen) atoms. The van der Waals surface area contributed by atoms with Gasteiger partial charge in [0.1, 0.15) is 5.78 Å². The highest BCUT2D eigenvalue weighted by molar-refractivity contribution is 7.99. The molecule has 1 aromatic rings. The molecule has 0 radical (unpaired) electrons. The lowest BCUT2D eigenvalue weighted by atomic mass is 9.92. The largest absolute Gasteiger partial charge is 0.342 e. The van der Waals surface area contributed by atoms with Gasteiger partial charge in [0, 0.05) is 5.41 Å². The van der Waals surface area contributed by atoms with E-state index in [4.69, 9.17) is 0 Å². The summed E-state index contributed by atoms with van der Waals surface area (Å²) in [4.78, 5) is 35.5. The first-order valence-electron chi connectivity index (χ1n) is 4.66. The zero-order valence-corrected chi connectivity index (χ0v) is 10.1. The number of nitrogens with one attached hydrogen (secondary N) is 2. The van der Waals surface area contributed by atoms with Crippen LogP contribution in [0.1, 0.15) is 20.8 Å². The van der Waals surface area contributed by atoms with Crippen molar-refractivity contribution in [2.24, 2.45) is 5.41 Å². The van der Waals surface area contributed by atoms with E-state index in [1.165, 1.54) is 0 Å². The fourth-order valence-electron chi connectivity index (χ4n) is 0.785. The number of rotatable bonds is 3. The zero-order valence-electron chi connectivity index (χ0n) is 9.29. The molecule has 1 heterocycles. The molecule has 1 aromatic heterocycles. The first-order chi connectivity index (χ1) is 7.30. The third-order valence-corrected chi connectivity index (χ3v) is 2.81. The van der Waals surface area contributed by atoms with E-state index in [1.807, 2.05) is 4.98 Å². The Morgan fingerprint density at radius 3 is 2.50 bits per heavy atom. The molecule has 0 aliphatic heterocycles.